The summed E-state index contributed by atoms with van der Waals surface area (Å²) in [5.74, 6) is 4.86. The highest BCUT2D eigenvalue weighted by Crippen LogP contribution is 2.25. The van der Waals surface area contributed by atoms with Gasteiger partial charge >= 0.3 is 0 Å². The summed E-state index contributed by atoms with van der Waals surface area (Å²) in [5, 5.41) is 1.18. The number of benzene rings is 1. The van der Waals surface area contributed by atoms with E-state index in [0.29, 0.717) is 6.42 Å². The van der Waals surface area contributed by atoms with Crippen molar-refractivity contribution in [3.63, 3.8) is 0 Å². The van der Waals surface area contributed by atoms with Crippen molar-refractivity contribution in [1.29, 1.82) is 0 Å². The van der Waals surface area contributed by atoms with E-state index < -0.39 is 0 Å². The van der Waals surface area contributed by atoms with Crippen LogP contribution in [0.4, 0.5) is 0 Å². The summed E-state index contributed by atoms with van der Waals surface area (Å²) in [6.07, 6.45) is 0.357. The van der Waals surface area contributed by atoms with Gasteiger partial charge in [0, 0.05) is 9.58 Å². The molecule has 3 N–H and O–H groups in total. The highest BCUT2D eigenvalue weighted by Gasteiger charge is 2.05. The SMILES string of the molecule is NNC(=O)Cc1cc2ccccc2s1. The molecule has 0 radical (unpaired) electrons. The van der Waals surface area contributed by atoms with Gasteiger partial charge in [-0.1, -0.05) is 18.2 Å². The zero-order valence-electron chi connectivity index (χ0n) is 7.49. The van der Waals surface area contributed by atoms with Gasteiger partial charge in [-0.2, -0.15) is 0 Å². The Kier molecular flexibility index (Phi) is 2.47. The van der Waals surface area contributed by atoms with Gasteiger partial charge in [-0.15, -0.1) is 11.3 Å². The Morgan fingerprint density at radius 2 is 2.21 bits per heavy atom. The first-order chi connectivity index (χ1) is 6.79. The predicted octanol–water partition coefficient (Wildman–Crippen LogP) is 1.43. The first-order valence-electron chi connectivity index (χ1n) is 4.26. The Hall–Kier alpha value is -1.39. The second-order valence-corrected chi connectivity index (χ2v) is 4.16. The van der Waals surface area contributed by atoms with E-state index in [9.17, 15) is 4.79 Å². The summed E-state index contributed by atoms with van der Waals surface area (Å²) < 4.78 is 1.20. The highest BCUT2D eigenvalue weighted by atomic mass is 32.1. The summed E-state index contributed by atoms with van der Waals surface area (Å²) in [5.41, 5.74) is 2.13. The van der Waals surface area contributed by atoms with Crippen LogP contribution in [0.15, 0.2) is 30.3 Å². The molecule has 0 atom stereocenters. The van der Waals surface area contributed by atoms with E-state index in [1.165, 1.54) is 10.1 Å². The van der Waals surface area contributed by atoms with Crippen molar-refractivity contribution in [2.24, 2.45) is 5.84 Å². The molecule has 4 heteroatoms. The van der Waals surface area contributed by atoms with E-state index in [4.69, 9.17) is 5.84 Å². The lowest BCUT2D eigenvalue weighted by molar-refractivity contribution is -0.120. The van der Waals surface area contributed by atoms with Crippen LogP contribution in [0.3, 0.4) is 0 Å². The molecular formula is C10H10N2OS. The molecule has 14 heavy (non-hydrogen) atoms. The van der Waals surface area contributed by atoms with Crippen LogP contribution in [-0.2, 0) is 11.2 Å². The third-order valence-corrected chi connectivity index (χ3v) is 3.09. The van der Waals surface area contributed by atoms with Crippen molar-refractivity contribution in [1.82, 2.24) is 5.43 Å². The van der Waals surface area contributed by atoms with Crippen LogP contribution in [0.25, 0.3) is 10.1 Å². The monoisotopic (exact) mass is 206 g/mol. The minimum absolute atomic E-state index is 0.156. The van der Waals surface area contributed by atoms with Gasteiger partial charge in [-0.05, 0) is 17.5 Å². The van der Waals surface area contributed by atoms with E-state index >= 15 is 0 Å². The Morgan fingerprint density at radius 3 is 2.93 bits per heavy atom. The van der Waals surface area contributed by atoms with Crippen molar-refractivity contribution in [3.8, 4) is 0 Å². The van der Waals surface area contributed by atoms with Crippen molar-refractivity contribution in [2.45, 2.75) is 6.42 Å². The summed E-state index contributed by atoms with van der Waals surface area (Å²) in [6.45, 7) is 0. The molecule has 0 saturated heterocycles. The van der Waals surface area contributed by atoms with Crippen LogP contribution in [0.1, 0.15) is 4.88 Å². The van der Waals surface area contributed by atoms with Crippen LogP contribution < -0.4 is 11.3 Å². The fourth-order valence-electron chi connectivity index (χ4n) is 1.33. The quantitative estimate of drug-likeness (QED) is 0.444. The maximum absolute atomic E-state index is 11.0. The number of thiophene rings is 1. The lowest BCUT2D eigenvalue weighted by atomic mass is 10.2. The van der Waals surface area contributed by atoms with Gasteiger partial charge in [0.1, 0.15) is 0 Å². The molecule has 1 aromatic carbocycles. The molecule has 0 spiro atoms. The summed E-state index contributed by atoms with van der Waals surface area (Å²) in [6, 6.07) is 10.1. The molecular weight excluding hydrogens is 196 g/mol. The molecule has 0 bridgehead atoms. The van der Waals surface area contributed by atoms with E-state index in [1.54, 1.807) is 11.3 Å². The topological polar surface area (TPSA) is 55.1 Å². The van der Waals surface area contributed by atoms with Gasteiger partial charge in [-0.3, -0.25) is 10.2 Å². The molecule has 0 fully saturated rings. The molecule has 72 valence electrons. The molecule has 1 heterocycles. The zero-order valence-corrected chi connectivity index (χ0v) is 8.30. The van der Waals surface area contributed by atoms with Gasteiger partial charge in [0.25, 0.3) is 0 Å². The van der Waals surface area contributed by atoms with Gasteiger partial charge in [-0.25, -0.2) is 5.84 Å². The molecule has 0 aliphatic carbocycles. The second kappa shape index (κ2) is 3.77. The first kappa shape index (κ1) is 9.18. The maximum Gasteiger partial charge on any atom is 0.239 e. The number of carbonyl (C=O) groups is 1. The van der Waals surface area contributed by atoms with Gasteiger partial charge in [0.15, 0.2) is 0 Å². The van der Waals surface area contributed by atoms with Crippen LogP contribution >= 0.6 is 11.3 Å². The van der Waals surface area contributed by atoms with Gasteiger partial charge in [0.2, 0.25) is 5.91 Å². The Bertz CT molecular complexity index is 431. The van der Waals surface area contributed by atoms with Gasteiger partial charge < -0.3 is 0 Å². The van der Waals surface area contributed by atoms with Gasteiger partial charge in [0.05, 0.1) is 6.42 Å². The second-order valence-electron chi connectivity index (χ2n) is 2.99. The fraction of sp³-hybridized carbons (Fsp3) is 0.100. The Morgan fingerprint density at radius 1 is 1.43 bits per heavy atom. The highest BCUT2D eigenvalue weighted by molar-refractivity contribution is 7.19. The number of nitrogens with two attached hydrogens (primary N) is 1. The third kappa shape index (κ3) is 1.76. The summed E-state index contributed by atoms with van der Waals surface area (Å²) in [7, 11) is 0. The average molecular weight is 206 g/mol. The number of carbonyl (C=O) groups excluding carboxylic acids is 1. The van der Waals surface area contributed by atoms with Crippen LogP contribution in [-0.4, -0.2) is 5.91 Å². The molecule has 0 aliphatic rings. The molecule has 0 unspecified atom stereocenters. The number of hydrazine groups is 1. The first-order valence-corrected chi connectivity index (χ1v) is 5.08. The lowest BCUT2D eigenvalue weighted by Crippen LogP contribution is -2.31. The number of hydrogen-bond acceptors (Lipinski definition) is 3. The number of nitrogens with one attached hydrogen (secondary N) is 1. The number of fused-ring (bicyclic) bond motifs is 1. The molecule has 1 amide bonds. The smallest absolute Gasteiger partial charge is 0.239 e. The number of rotatable bonds is 2. The van der Waals surface area contributed by atoms with Crippen molar-refractivity contribution in [3.05, 3.63) is 35.2 Å². The Balaban J connectivity index is 2.31. The normalized spacial score (nSPS) is 10.4. The van der Waals surface area contributed by atoms with E-state index in [0.717, 1.165) is 4.88 Å². The largest absolute Gasteiger partial charge is 0.294 e. The van der Waals surface area contributed by atoms with Crippen molar-refractivity contribution in [2.75, 3.05) is 0 Å². The molecule has 2 rings (SSSR count). The van der Waals surface area contributed by atoms with E-state index in [2.05, 4.69) is 5.43 Å². The minimum Gasteiger partial charge on any atom is -0.294 e. The Labute approximate surface area is 85.5 Å². The van der Waals surface area contributed by atoms with Crippen LogP contribution in [0, 0.1) is 0 Å². The molecule has 0 saturated carbocycles. The van der Waals surface area contributed by atoms with Crippen LogP contribution in [0.5, 0.6) is 0 Å². The lowest BCUT2D eigenvalue weighted by Gasteiger charge is -1.93. The summed E-state index contributed by atoms with van der Waals surface area (Å²) in [4.78, 5) is 12.1. The molecule has 2 aromatic rings. The average Bonchev–Trinajstić information content (AvgIpc) is 2.59. The van der Waals surface area contributed by atoms with Crippen molar-refractivity contribution < 1.29 is 4.79 Å². The van der Waals surface area contributed by atoms with Crippen LogP contribution in [0.2, 0.25) is 0 Å². The maximum atomic E-state index is 11.0. The summed E-state index contributed by atoms with van der Waals surface area (Å²) >= 11 is 1.62. The molecule has 3 nitrogen and oxygen atoms in total. The number of amides is 1. The van der Waals surface area contributed by atoms with E-state index in [-0.39, 0.29) is 5.91 Å². The zero-order chi connectivity index (χ0) is 9.97. The molecule has 0 aliphatic heterocycles. The standard InChI is InChI=1S/C10H10N2OS/c11-12-10(13)6-8-5-7-3-1-2-4-9(7)14-8/h1-5H,6,11H2,(H,12,13). The van der Waals surface area contributed by atoms with E-state index in [1.807, 2.05) is 30.3 Å². The van der Waals surface area contributed by atoms with Crippen molar-refractivity contribution >= 4 is 27.3 Å². The number of hydrogen-bond donors (Lipinski definition) is 2. The third-order valence-electron chi connectivity index (χ3n) is 1.97. The minimum atomic E-state index is -0.156. The fourth-order valence-corrected chi connectivity index (χ4v) is 2.40. The predicted molar refractivity (Wildman–Crippen MR) is 57.9 cm³/mol. The molecule has 1 aromatic heterocycles.